The lowest BCUT2D eigenvalue weighted by molar-refractivity contribution is -0.146. The normalized spacial score (nSPS) is 13.4. The maximum atomic E-state index is 12.4. The fraction of sp³-hybridized carbons (Fsp3) is 0.625. The first-order chi connectivity index (χ1) is 8.14. The molecule has 2 N–H and O–H groups in total. The van der Waals surface area contributed by atoms with Gasteiger partial charge in [0.1, 0.15) is 0 Å². The van der Waals surface area contributed by atoms with Gasteiger partial charge in [-0.15, -0.1) is 10.2 Å². The zero-order chi connectivity index (χ0) is 14.1. The van der Waals surface area contributed by atoms with Crippen molar-refractivity contribution >= 4 is 17.7 Å². The summed E-state index contributed by atoms with van der Waals surface area (Å²) >= 11 is 0.817. The number of nitrogens with two attached hydrogens (primary N) is 1. The van der Waals surface area contributed by atoms with Crippen LogP contribution in [-0.2, 0) is 11.0 Å². The summed E-state index contributed by atoms with van der Waals surface area (Å²) in [4.78, 5) is 12.9. The monoisotopic (exact) mass is 283 g/mol. The smallest absolute Gasteiger partial charge is 0.348 e. The lowest BCUT2D eigenvalue weighted by Gasteiger charge is -2.15. The molecule has 18 heavy (non-hydrogen) atoms. The van der Waals surface area contributed by atoms with Gasteiger partial charge in [0.15, 0.2) is 0 Å². The molecule has 102 valence electrons. The summed E-state index contributed by atoms with van der Waals surface area (Å²) < 4.78 is 37.5. The molecule has 0 aliphatic heterocycles. The van der Waals surface area contributed by atoms with E-state index in [2.05, 4.69) is 10.2 Å². The molecule has 0 saturated carbocycles. The Morgan fingerprint density at radius 1 is 1.44 bits per heavy atom. The average molecular weight is 283 g/mol. The number of carbonyl (C=O) groups excluding carboxylic acids is 1. The number of aromatic nitrogens is 3. The molecule has 0 aliphatic rings. The van der Waals surface area contributed by atoms with Crippen molar-refractivity contribution in [3.8, 4) is 0 Å². The Kier molecular flexibility index (Phi) is 4.09. The van der Waals surface area contributed by atoms with Gasteiger partial charge >= 0.3 is 6.18 Å². The first kappa shape index (κ1) is 14.6. The van der Waals surface area contributed by atoms with Crippen molar-refractivity contribution in [2.24, 2.45) is 0 Å². The number of hydrogen-bond acceptors (Lipinski definition) is 5. The summed E-state index contributed by atoms with van der Waals surface area (Å²) in [6, 6.07) is 0. The Morgan fingerprint density at radius 3 is 2.39 bits per heavy atom. The van der Waals surface area contributed by atoms with E-state index in [1.165, 1.54) is 4.90 Å². The predicted octanol–water partition coefficient (Wildman–Crippen LogP) is 0.579. The summed E-state index contributed by atoms with van der Waals surface area (Å²) in [5, 5.41) is 5.52. The minimum absolute atomic E-state index is 0.162. The van der Waals surface area contributed by atoms with Crippen LogP contribution in [0.15, 0.2) is 5.16 Å². The van der Waals surface area contributed by atoms with Crippen molar-refractivity contribution in [3.63, 3.8) is 0 Å². The van der Waals surface area contributed by atoms with E-state index in [-0.39, 0.29) is 11.1 Å². The van der Waals surface area contributed by atoms with Crippen LogP contribution in [0.2, 0.25) is 0 Å². The molecule has 1 aromatic heterocycles. The highest BCUT2D eigenvalue weighted by Gasteiger charge is 2.38. The van der Waals surface area contributed by atoms with Gasteiger partial charge in [-0.3, -0.25) is 4.79 Å². The standard InChI is InChI=1S/C8H12F3N5OS/c1-4(5(17)15(2)3)18-7-14-13-6(16(7)12)8(9,10)11/h4H,12H2,1-3H3. The summed E-state index contributed by atoms with van der Waals surface area (Å²) in [6.07, 6.45) is -4.67. The number of alkyl halides is 3. The second-order valence-electron chi connectivity index (χ2n) is 3.67. The quantitative estimate of drug-likeness (QED) is 0.648. The Balaban J connectivity index is 2.88. The lowest BCUT2D eigenvalue weighted by atomic mass is 10.4. The van der Waals surface area contributed by atoms with Crippen molar-refractivity contribution in [1.29, 1.82) is 0 Å². The Labute approximate surface area is 105 Å². The molecule has 1 heterocycles. The molecule has 0 bridgehead atoms. The van der Waals surface area contributed by atoms with Gasteiger partial charge in [0.2, 0.25) is 11.1 Å². The Bertz CT molecular complexity index is 444. The van der Waals surface area contributed by atoms with Gasteiger partial charge in [0.05, 0.1) is 5.25 Å². The van der Waals surface area contributed by atoms with Crippen LogP contribution in [0.3, 0.4) is 0 Å². The van der Waals surface area contributed by atoms with Gasteiger partial charge in [-0.1, -0.05) is 11.8 Å². The molecule has 0 aliphatic carbocycles. The Hall–Kier alpha value is -1.45. The van der Waals surface area contributed by atoms with Crippen molar-refractivity contribution in [2.75, 3.05) is 19.9 Å². The van der Waals surface area contributed by atoms with E-state index in [0.29, 0.717) is 4.68 Å². The number of halogens is 3. The highest BCUT2D eigenvalue weighted by Crippen LogP contribution is 2.30. The first-order valence-electron chi connectivity index (χ1n) is 4.80. The zero-order valence-corrected chi connectivity index (χ0v) is 10.7. The summed E-state index contributed by atoms with van der Waals surface area (Å²) in [7, 11) is 3.10. The van der Waals surface area contributed by atoms with Crippen LogP contribution < -0.4 is 5.84 Å². The van der Waals surface area contributed by atoms with Crippen molar-refractivity contribution in [1.82, 2.24) is 19.8 Å². The third kappa shape index (κ3) is 3.06. The highest BCUT2D eigenvalue weighted by atomic mass is 32.2. The molecule has 0 aromatic carbocycles. The third-order valence-corrected chi connectivity index (χ3v) is 3.03. The van der Waals surface area contributed by atoms with Crippen LogP contribution in [0.4, 0.5) is 13.2 Å². The summed E-state index contributed by atoms with van der Waals surface area (Å²) in [5.41, 5.74) is 0. The molecule has 0 radical (unpaired) electrons. The molecular weight excluding hydrogens is 271 g/mol. The van der Waals surface area contributed by atoms with Gasteiger partial charge < -0.3 is 10.7 Å². The van der Waals surface area contributed by atoms with E-state index in [1.807, 2.05) is 0 Å². The molecule has 1 unspecified atom stereocenters. The van der Waals surface area contributed by atoms with Gasteiger partial charge in [-0.25, -0.2) is 4.68 Å². The van der Waals surface area contributed by atoms with Crippen LogP contribution in [-0.4, -0.2) is 45.0 Å². The van der Waals surface area contributed by atoms with E-state index >= 15 is 0 Å². The summed E-state index contributed by atoms with van der Waals surface area (Å²) in [5.74, 6) is 3.69. The second kappa shape index (κ2) is 5.04. The molecule has 1 amide bonds. The van der Waals surface area contributed by atoms with Crippen LogP contribution in [0.1, 0.15) is 12.7 Å². The number of nitrogen functional groups attached to an aromatic ring is 1. The minimum Gasteiger partial charge on any atom is -0.348 e. The fourth-order valence-corrected chi connectivity index (χ4v) is 2.04. The fourth-order valence-electron chi connectivity index (χ4n) is 1.12. The van der Waals surface area contributed by atoms with E-state index in [4.69, 9.17) is 5.84 Å². The van der Waals surface area contributed by atoms with E-state index < -0.39 is 17.3 Å². The van der Waals surface area contributed by atoms with Gasteiger partial charge in [-0.2, -0.15) is 13.2 Å². The largest absolute Gasteiger partial charge is 0.453 e. The van der Waals surface area contributed by atoms with Gasteiger partial charge in [0, 0.05) is 14.1 Å². The number of carbonyl (C=O) groups is 1. The van der Waals surface area contributed by atoms with Crippen LogP contribution >= 0.6 is 11.8 Å². The van der Waals surface area contributed by atoms with Crippen molar-refractivity contribution in [3.05, 3.63) is 5.82 Å². The third-order valence-electron chi connectivity index (χ3n) is 1.99. The van der Waals surface area contributed by atoms with E-state index in [0.717, 1.165) is 11.8 Å². The molecule has 1 rings (SSSR count). The SMILES string of the molecule is CC(Sc1nnc(C(F)(F)F)n1N)C(=O)N(C)C. The molecular formula is C8H12F3N5OS. The van der Waals surface area contributed by atoms with Crippen LogP contribution in [0.5, 0.6) is 0 Å². The minimum atomic E-state index is -4.67. The maximum Gasteiger partial charge on any atom is 0.453 e. The number of rotatable bonds is 3. The first-order valence-corrected chi connectivity index (χ1v) is 5.68. The molecule has 1 aromatic rings. The van der Waals surface area contributed by atoms with Crippen LogP contribution in [0, 0.1) is 0 Å². The number of thioether (sulfide) groups is 1. The maximum absolute atomic E-state index is 12.4. The number of hydrogen-bond donors (Lipinski definition) is 1. The zero-order valence-electron chi connectivity index (χ0n) is 9.89. The van der Waals surface area contributed by atoms with Gasteiger partial charge in [0.25, 0.3) is 5.82 Å². The molecule has 10 heteroatoms. The van der Waals surface area contributed by atoms with Crippen LogP contribution in [0.25, 0.3) is 0 Å². The summed E-state index contributed by atoms with van der Waals surface area (Å²) in [6.45, 7) is 1.55. The van der Waals surface area contributed by atoms with E-state index in [1.54, 1.807) is 21.0 Å². The average Bonchev–Trinajstić information content (AvgIpc) is 2.58. The van der Waals surface area contributed by atoms with Crippen molar-refractivity contribution in [2.45, 2.75) is 23.5 Å². The highest BCUT2D eigenvalue weighted by molar-refractivity contribution is 8.00. The lowest BCUT2D eigenvalue weighted by Crippen LogP contribution is -2.30. The number of nitrogens with zero attached hydrogens (tertiary/aromatic N) is 4. The Morgan fingerprint density at radius 2 is 2.00 bits per heavy atom. The molecule has 1 atom stereocenters. The molecule has 0 saturated heterocycles. The topological polar surface area (TPSA) is 77.0 Å². The van der Waals surface area contributed by atoms with Gasteiger partial charge in [-0.05, 0) is 6.92 Å². The molecule has 0 spiro atoms. The molecule has 0 fully saturated rings. The second-order valence-corrected chi connectivity index (χ2v) is 4.97. The van der Waals surface area contributed by atoms with E-state index in [9.17, 15) is 18.0 Å². The number of amides is 1. The predicted molar refractivity (Wildman–Crippen MR) is 59.2 cm³/mol. The molecule has 6 nitrogen and oxygen atoms in total. The van der Waals surface area contributed by atoms with Crippen molar-refractivity contribution < 1.29 is 18.0 Å².